The minimum atomic E-state index is -1.29. The fourth-order valence-corrected chi connectivity index (χ4v) is 3.33. The minimum Gasteiger partial charge on any atom is -0.480 e. The first-order chi connectivity index (χ1) is 9.74. The molecule has 2 rings (SSSR count). The molecule has 114 valence electrons. The first-order valence-corrected chi connectivity index (χ1v) is 7.55. The smallest absolute Gasteiger partial charge is 0.341 e. The lowest BCUT2D eigenvalue weighted by molar-refractivity contribution is -0.139. The number of ketones is 1. The Morgan fingerprint density at radius 1 is 1.43 bits per heavy atom. The van der Waals surface area contributed by atoms with E-state index < -0.39 is 28.6 Å². The van der Waals surface area contributed by atoms with Crippen molar-refractivity contribution >= 4 is 58.2 Å². The number of aliphatic carboxylic acids is 1. The maximum absolute atomic E-state index is 12.4. The van der Waals surface area contributed by atoms with E-state index in [9.17, 15) is 9.59 Å². The standard InChI is InChI=1S/C13H10Cl4O4/c1-2-13(17)11(16)5-3-6(21-4-7(18)19)9(14)10(15)8(5)12(13)20/h3,11H,2,4H2,1H3,(H,18,19). The van der Waals surface area contributed by atoms with Crippen LogP contribution in [0.3, 0.4) is 0 Å². The molecule has 0 aliphatic heterocycles. The molecule has 0 heterocycles. The van der Waals surface area contributed by atoms with Crippen LogP contribution in [0.1, 0.15) is 34.6 Å². The number of carbonyl (C=O) groups is 2. The molecule has 2 atom stereocenters. The number of alkyl halides is 2. The van der Waals surface area contributed by atoms with E-state index in [2.05, 4.69) is 0 Å². The zero-order valence-corrected chi connectivity index (χ0v) is 13.8. The summed E-state index contributed by atoms with van der Waals surface area (Å²) < 4.78 is 5.06. The van der Waals surface area contributed by atoms with Gasteiger partial charge in [-0.1, -0.05) is 30.1 Å². The third kappa shape index (κ3) is 2.59. The second-order valence-electron chi connectivity index (χ2n) is 4.56. The van der Waals surface area contributed by atoms with Crippen LogP contribution in [-0.2, 0) is 4.79 Å². The van der Waals surface area contributed by atoms with Crippen LogP contribution in [0.2, 0.25) is 10.0 Å². The minimum absolute atomic E-state index is 0.0267. The van der Waals surface area contributed by atoms with Gasteiger partial charge in [-0.15, -0.1) is 23.2 Å². The van der Waals surface area contributed by atoms with Crippen LogP contribution in [0.5, 0.6) is 5.75 Å². The van der Waals surface area contributed by atoms with Gasteiger partial charge in [-0.2, -0.15) is 0 Å². The number of ether oxygens (including phenoxy) is 1. The lowest BCUT2D eigenvalue weighted by Gasteiger charge is -2.21. The molecule has 1 aliphatic carbocycles. The summed E-state index contributed by atoms with van der Waals surface area (Å²) in [6, 6.07) is 1.42. The van der Waals surface area contributed by atoms with Crippen LogP contribution in [-0.4, -0.2) is 28.3 Å². The molecule has 1 aromatic rings. The Morgan fingerprint density at radius 2 is 2.05 bits per heavy atom. The molecule has 0 spiro atoms. The molecule has 8 heteroatoms. The van der Waals surface area contributed by atoms with Crippen molar-refractivity contribution in [2.24, 2.45) is 0 Å². The van der Waals surface area contributed by atoms with E-state index in [-0.39, 0.29) is 21.4 Å². The van der Waals surface area contributed by atoms with Gasteiger partial charge in [-0.3, -0.25) is 4.79 Å². The largest absolute Gasteiger partial charge is 0.480 e. The van der Waals surface area contributed by atoms with E-state index in [4.69, 9.17) is 56.2 Å². The van der Waals surface area contributed by atoms with Gasteiger partial charge in [0.25, 0.3) is 0 Å². The summed E-state index contributed by atoms with van der Waals surface area (Å²) in [6.45, 7) is 1.15. The number of hydrogen-bond donors (Lipinski definition) is 1. The monoisotopic (exact) mass is 370 g/mol. The summed E-state index contributed by atoms with van der Waals surface area (Å²) in [5.74, 6) is -1.50. The van der Waals surface area contributed by atoms with Gasteiger partial charge in [0.15, 0.2) is 12.4 Å². The molecular weight excluding hydrogens is 362 g/mol. The Labute approximate surface area is 140 Å². The number of Topliss-reactive ketones (excluding diaryl/α,β-unsaturated/α-hetero) is 1. The van der Waals surface area contributed by atoms with Gasteiger partial charge in [-0.25, -0.2) is 4.79 Å². The maximum Gasteiger partial charge on any atom is 0.341 e. The Bertz CT molecular complexity index is 631. The molecule has 1 aliphatic rings. The average Bonchev–Trinajstić information content (AvgIpc) is 2.63. The quantitative estimate of drug-likeness (QED) is 0.800. The number of hydrogen-bond acceptors (Lipinski definition) is 3. The van der Waals surface area contributed by atoms with Gasteiger partial charge in [0, 0.05) is 5.56 Å². The van der Waals surface area contributed by atoms with Gasteiger partial charge in [0.2, 0.25) is 0 Å². The van der Waals surface area contributed by atoms with Crippen molar-refractivity contribution in [1.82, 2.24) is 0 Å². The van der Waals surface area contributed by atoms with E-state index >= 15 is 0 Å². The SMILES string of the molecule is CCC1(Cl)C(=O)c2c(cc(OCC(=O)O)c(Cl)c2Cl)C1Cl. The van der Waals surface area contributed by atoms with E-state index in [0.29, 0.717) is 12.0 Å². The van der Waals surface area contributed by atoms with Crippen LogP contribution < -0.4 is 4.74 Å². The number of rotatable bonds is 4. The van der Waals surface area contributed by atoms with Crippen LogP contribution in [0.4, 0.5) is 0 Å². The lowest BCUT2D eigenvalue weighted by Crippen LogP contribution is -2.29. The lowest BCUT2D eigenvalue weighted by atomic mass is 10.0. The van der Waals surface area contributed by atoms with Crippen molar-refractivity contribution in [3.63, 3.8) is 0 Å². The number of halogens is 4. The van der Waals surface area contributed by atoms with E-state index in [1.807, 2.05) is 0 Å². The maximum atomic E-state index is 12.4. The van der Waals surface area contributed by atoms with Crippen molar-refractivity contribution in [2.75, 3.05) is 6.61 Å². The molecule has 0 fully saturated rings. The molecule has 0 saturated carbocycles. The predicted octanol–water partition coefficient (Wildman–Crippen LogP) is 4.32. The third-order valence-electron chi connectivity index (χ3n) is 3.35. The van der Waals surface area contributed by atoms with Crippen molar-refractivity contribution in [3.8, 4) is 5.75 Å². The number of benzene rings is 1. The molecule has 0 amide bonds. The van der Waals surface area contributed by atoms with E-state index in [1.54, 1.807) is 6.92 Å². The molecule has 0 aromatic heterocycles. The summed E-state index contributed by atoms with van der Waals surface area (Å²) in [4.78, 5) is 21.7. The topological polar surface area (TPSA) is 63.6 Å². The first-order valence-electron chi connectivity index (χ1n) is 5.98. The average molecular weight is 372 g/mol. The number of fused-ring (bicyclic) bond motifs is 1. The first kappa shape index (κ1) is 16.7. The highest BCUT2D eigenvalue weighted by Gasteiger charge is 2.52. The zero-order valence-electron chi connectivity index (χ0n) is 10.8. The number of carboxylic acid groups (broad SMARTS) is 1. The third-order valence-corrected chi connectivity index (χ3v) is 5.58. The van der Waals surface area contributed by atoms with E-state index in [0.717, 1.165) is 0 Å². The number of carbonyl (C=O) groups excluding carboxylic acids is 1. The van der Waals surface area contributed by atoms with Gasteiger partial charge in [0.05, 0.1) is 10.4 Å². The van der Waals surface area contributed by atoms with Gasteiger partial charge >= 0.3 is 5.97 Å². The molecule has 4 nitrogen and oxygen atoms in total. The van der Waals surface area contributed by atoms with Crippen LogP contribution in [0.15, 0.2) is 6.07 Å². The summed E-state index contributed by atoms with van der Waals surface area (Å²) >= 11 is 24.7. The van der Waals surface area contributed by atoms with Crippen LogP contribution in [0, 0.1) is 0 Å². The van der Waals surface area contributed by atoms with Crippen LogP contribution in [0.25, 0.3) is 0 Å². The second-order valence-corrected chi connectivity index (χ2v) is 6.42. The highest BCUT2D eigenvalue weighted by atomic mass is 35.5. The molecule has 0 radical (unpaired) electrons. The molecule has 1 N–H and O–H groups in total. The molecular formula is C13H10Cl4O4. The molecule has 2 unspecified atom stereocenters. The Balaban J connectivity index is 2.55. The van der Waals surface area contributed by atoms with Crippen molar-refractivity contribution < 1.29 is 19.4 Å². The highest BCUT2D eigenvalue weighted by molar-refractivity contribution is 6.50. The van der Waals surface area contributed by atoms with Gasteiger partial charge in [0.1, 0.15) is 15.6 Å². The second kappa shape index (κ2) is 5.84. The summed E-state index contributed by atoms with van der Waals surface area (Å²) in [5.41, 5.74) is 0.564. The predicted molar refractivity (Wildman–Crippen MR) is 81.4 cm³/mol. The van der Waals surface area contributed by atoms with Crippen molar-refractivity contribution in [1.29, 1.82) is 0 Å². The zero-order chi connectivity index (χ0) is 15.9. The van der Waals surface area contributed by atoms with Crippen molar-refractivity contribution in [3.05, 3.63) is 27.2 Å². The molecule has 0 saturated heterocycles. The van der Waals surface area contributed by atoms with Crippen molar-refractivity contribution in [2.45, 2.75) is 23.6 Å². The Hall–Kier alpha value is -0.680. The molecule has 0 bridgehead atoms. The fourth-order valence-electron chi connectivity index (χ4n) is 2.21. The normalized spacial score (nSPS) is 24.0. The fraction of sp³-hybridized carbons (Fsp3) is 0.385. The summed E-state index contributed by atoms with van der Waals surface area (Å²) in [7, 11) is 0. The van der Waals surface area contributed by atoms with E-state index in [1.165, 1.54) is 6.07 Å². The molecule has 21 heavy (non-hydrogen) atoms. The number of carboxylic acids is 1. The molecule has 1 aromatic carbocycles. The Kier molecular flexibility index (Phi) is 4.64. The summed E-state index contributed by atoms with van der Waals surface area (Å²) in [6.07, 6.45) is 0.315. The highest BCUT2D eigenvalue weighted by Crippen LogP contribution is 2.54. The summed E-state index contributed by atoms with van der Waals surface area (Å²) in [5, 5.41) is 7.78. The van der Waals surface area contributed by atoms with Crippen LogP contribution >= 0.6 is 46.4 Å². The van der Waals surface area contributed by atoms with Gasteiger partial charge in [-0.05, 0) is 18.1 Å². The van der Waals surface area contributed by atoms with Gasteiger partial charge < -0.3 is 9.84 Å². The Morgan fingerprint density at radius 3 is 2.57 bits per heavy atom.